The van der Waals surface area contributed by atoms with Crippen molar-refractivity contribution < 1.29 is 9.53 Å². The van der Waals surface area contributed by atoms with Crippen molar-refractivity contribution in [3.8, 4) is 0 Å². The van der Waals surface area contributed by atoms with E-state index in [0.29, 0.717) is 12.0 Å². The van der Waals surface area contributed by atoms with Gasteiger partial charge >= 0.3 is 5.97 Å². The van der Waals surface area contributed by atoms with Crippen LogP contribution in [0.4, 0.5) is 0 Å². The third-order valence-electron chi connectivity index (χ3n) is 4.01. The van der Waals surface area contributed by atoms with Crippen LogP contribution in [0.1, 0.15) is 44.9 Å². The van der Waals surface area contributed by atoms with E-state index in [-0.39, 0.29) is 5.97 Å². The van der Waals surface area contributed by atoms with Crippen LogP contribution in [0.2, 0.25) is 0 Å². The Morgan fingerprint density at radius 3 is 2.65 bits per heavy atom. The van der Waals surface area contributed by atoms with Crippen molar-refractivity contribution in [2.75, 3.05) is 13.7 Å². The molecule has 0 aromatic rings. The van der Waals surface area contributed by atoms with E-state index in [2.05, 4.69) is 11.4 Å². The zero-order valence-corrected chi connectivity index (χ0v) is 10.7. The van der Waals surface area contributed by atoms with Crippen LogP contribution >= 0.6 is 0 Å². The second-order valence-corrected chi connectivity index (χ2v) is 5.17. The number of methoxy groups -OCH3 is 1. The van der Waals surface area contributed by atoms with Gasteiger partial charge < -0.3 is 10.1 Å². The molecule has 3 heteroatoms. The number of carbonyl (C=O) groups is 1. The Bertz CT molecular complexity index is 291. The molecule has 0 radical (unpaired) electrons. The zero-order valence-electron chi connectivity index (χ0n) is 10.7. The summed E-state index contributed by atoms with van der Waals surface area (Å²) in [6, 6.07) is 0.385. The Hall–Kier alpha value is -0.830. The Labute approximate surface area is 104 Å². The van der Waals surface area contributed by atoms with Gasteiger partial charge in [0.05, 0.1) is 7.11 Å². The van der Waals surface area contributed by atoms with Gasteiger partial charge in [-0.1, -0.05) is 31.8 Å². The predicted molar refractivity (Wildman–Crippen MR) is 67.7 cm³/mol. The van der Waals surface area contributed by atoms with Gasteiger partial charge in [0.2, 0.25) is 0 Å². The number of hydrogen-bond acceptors (Lipinski definition) is 3. The summed E-state index contributed by atoms with van der Waals surface area (Å²) in [5, 5.41) is 3.54. The van der Waals surface area contributed by atoms with Gasteiger partial charge in [-0.05, 0) is 31.7 Å². The van der Waals surface area contributed by atoms with Crippen molar-refractivity contribution in [2.24, 2.45) is 5.92 Å². The van der Waals surface area contributed by atoms with Crippen LogP contribution in [0.3, 0.4) is 0 Å². The second kappa shape index (κ2) is 6.20. The maximum absolute atomic E-state index is 11.5. The van der Waals surface area contributed by atoms with Gasteiger partial charge in [0, 0.05) is 11.6 Å². The zero-order chi connectivity index (χ0) is 12.1. The van der Waals surface area contributed by atoms with Crippen molar-refractivity contribution in [1.82, 2.24) is 5.32 Å². The van der Waals surface area contributed by atoms with Crippen LogP contribution in [-0.4, -0.2) is 25.7 Å². The fourth-order valence-corrected chi connectivity index (χ4v) is 3.01. The average Bonchev–Trinajstić information content (AvgIpc) is 2.67. The maximum atomic E-state index is 11.5. The lowest BCUT2D eigenvalue weighted by molar-refractivity contribution is -0.136. The van der Waals surface area contributed by atoms with Crippen molar-refractivity contribution in [1.29, 1.82) is 0 Å². The normalized spacial score (nSPS) is 27.1. The smallest absolute Gasteiger partial charge is 0.333 e. The molecule has 2 rings (SSSR count). The summed E-state index contributed by atoms with van der Waals surface area (Å²) in [7, 11) is 1.46. The predicted octanol–water partition coefficient (Wildman–Crippen LogP) is 2.42. The number of rotatable bonds is 2. The number of ether oxygens (including phenoxy) is 1. The monoisotopic (exact) mass is 237 g/mol. The summed E-state index contributed by atoms with van der Waals surface area (Å²) in [4.78, 5) is 11.5. The minimum atomic E-state index is -0.148. The molecular formula is C14H23NO2. The van der Waals surface area contributed by atoms with E-state index in [4.69, 9.17) is 4.74 Å². The quantitative estimate of drug-likeness (QED) is 0.592. The van der Waals surface area contributed by atoms with Crippen LogP contribution in [-0.2, 0) is 9.53 Å². The van der Waals surface area contributed by atoms with Gasteiger partial charge in [-0.3, -0.25) is 0 Å². The van der Waals surface area contributed by atoms with Gasteiger partial charge in [-0.2, -0.15) is 0 Å². The van der Waals surface area contributed by atoms with Crippen LogP contribution in [0.25, 0.3) is 0 Å². The SMILES string of the molecule is COC(=O)C1=CC(C2CCCCCC2)NCC1. The van der Waals surface area contributed by atoms with Crippen LogP contribution in [0.15, 0.2) is 11.6 Å². The molecule has 1 heterocycles. The van der Waals surface area contributed by atoms with Crippen LogP contribution in [0, 0.1) is 5.92 Å². The highest BCUT2D eigenvalue weighted by Crippen LogP contribution is 2.28. The van der Waals surface area contributed by atoms with Crippen LogP contribution in [0.5, 0.6) is 0 Å². The first-order chi connectivity index (χ1) is 8.31. The van der Waals surface area contributed by atoms with E-state index in [0.717, 1.165) is 18.5 Å². The first-order valence-corrected chi connectivity index (χ1v) is 6.83. The van der Waals surface area contributed by atoms with Gasteiger partial charge in [0.1, 0.15) is 0 Å². The van der Waals surface area contributed by atoms with Gasteiger partial charge in [0.15, 0.2) is 0 Å². The Morgan fingerprint density at radius 1 is 1.29 bits per heavy atom. The molecule has 1 aliphatic heterocycles. The molecule has 0 bridgehead atoms. The third-order valence-corrected chi connectivity index (χ3v) is 4.01. The second-order valence-electron chi connectivity index (χ2n) is 5.17. The maximum Gasteiger partial charge on any atom is 0.333 e. The Balaban J connectivity index is 2.01. The molecule has 0 saturated heterocycles. The highest BCUT2D eigenvalue weighted by atomic mass is 16.5. The minimum absolute atomic E-state index is 0.148. The molecule has 0 amide bonds. The molecule has 1 aliphatic carbocycles. The van der Waals surface area contributed by atoms with E-state index in [1.54, 1.807) is 0 Å². The Morgan fingerprint density at radius 2 is 2.00 bits per heavy atom. The Kier molecular flexibility index (Phi) is 4.60. The molecule has 0 aromatic heterocycles. The highest BCUT2D eigenvalue weighted by Gasteiger charge is 2.25. The molecule has 0 spiro atoms. The largest absolute Gasteiger partial charge is 0.466 e. The average molecular weight is 237 g/mol. The number of nitrogens with one attached hydrogen (secondary N) is 1. The molecule has 1 fully saturated rings. The number of esters is 1. The van der Waals surface area contributed by atoms with E-state index in [1.807, 2.05) is 0 Å². The molecule has 2 aliphatic rings. The molecule has 17 heavy (non-hydrogen) atoms. The van der Waals surface area contributed by atoms with Crippen molar-refractivity contribution in [3.05, 3.63) is 11.6 Å². The third kappa shape index (κ3) is 3.32. The van der Waals surface area contributed by atoms with Gasteiger partial charge in [-0.15, -0.1) is 0 Å². The number of carbonyl (C=O) groups excluding carboxylic acids is 1. The van der Waals surface area contributed by atoms with E-state index in [9.17, 15) is 4.79 Å². The first kappa shape index (κ1) is 12.6. The summed E-state index contributed by atoms with van der Waals surface area (Å²) in [6.45, 7) is 0.905. The summed E-state index contributed by atoms with van der Waals surface area (Å²) in [6.07, 6.45) is 10.9. The van der Waals surface area contributed by atoms with Crippen molar-refractivity contribution in [2.45, 2.75) is 51.0 Å². The molecule has 1 saturated carbocycles. The summed E-state index contributed by atoms with van der Waals surface area (Å²) in [5.41, 5.74) is 0.862. The lowest BCUT2D eigenvalue weighted by Crippen LogP contribution is -2.39. The molecule has 0 aromatic carbocycles. The summed E-state index contributed by atoms with van der Waals surface area (Å²) >= 11 is 0. The van der Waals surface area contributed by atoms with Crippen molar-refractivity contribution in [3.63, 3.8) is 0 Å². The summed E-state index contributed by atoms with van der Waals surface area (Å²) in [5.74, 6) is 0.558. The molecule has 96 valence electrons. The molecule has 3 nitrogen and oxygen atoms in total. The topological polar surface area (TPSA) is 38.3 Å². The minimum Gasteiger partial charge on any atom is -0.466 e. The molecule has 1 unspecified atom stereocenters. The standard InChI is InChI=1S/C14H23NO2/c1-17-14(16)12-8-9-15-13(10-12)11-6-4-2-3-5-7-11/h10-11,13,15H,2-9H2,1H3. The van der Waals surface area contributed by atoms with E-state index < -0.39 is 0 Å². The van der Waals surface area contributed by atoms with E-state index >= 15 is 0 Å². The van der Waals surface area contributed by atoms with Gasteiger partial charge in [-0.25, -0.2) is 4.79 Å². The van der Waals surface area contributed by atoms with Crippen molar-refractivity contribution >= 4 is 5.97 Å². The summed E-state index contributed by atoms with van der Waals surface area (Å²) < 4.78 is 4.82. The lowest BCUT2D eigenvalue weighted by atomic mass is 9.88. The fourth-order valence-electron chi connectivity index (χ4n) is 3.01. The number of hydrogen-bond donors (Lipinski definition) is 1. The van der Waals surface area contributed by atoms with Crippen LogP contribution < -0.4 is 5.32 Å². The molecule has 1 atom stereocenters. The first-order valence-electron chi connectivity index (χ1n) is 6.83. The fraction of sp³-hybridized carbons (Fsp3) is 0.786. The molecular weight excluding hydrogens is 214 g/mol. The lowest BCUT2D eigenvalue weighted by Gasteiger charge is -2.28. The van der Waals surface area contributed by atoms with E-state index in [1.165, 1.54) is 45.6 Å². The van der Waals surface area contributed by atoms with Gasteiger partial charge in [0.25, 0.3) is 0 Å². The highest BCUT2D eigenvalue weighted by molar-refractivity contribution is 5.88. The molecule has 1 N–H and O–H groups in total.